The van der Waals surface area contributed by atoms with Crippen LogP contribution in [0.25, 0.3) is 0 Å². The van der Waals surface area contributed by atoms with Crippen LogP contribution in [0.3, 0.4) is 0 Å². The van der Waals surface area contributed by atoms with Gasteiger partial charge < -0.3 is 10.0 Å². The Morgan fingerprint density at radius 3 is 2.14 bits per heavy atom. The second-order valence-corrected chi connectivity index (χ2v) is 4.94. The summed E-state index contributed by atoms with van der Waals surface area (Å²) in [6.07, 6.45) is 3.49. The van der Waals surface area contributed by atoms with Gasteiger partial charge in [0.1, 0.15) is 0 Å². The van der Waals surface area contributed by atoms with E-state index in [2.05, 4.69) is 6.92 Å². The maximum atomic E-state index is 11.5. The Bertz CT molecular complexity index is 211. The number of hydrogen-bond donors (Lipinski definition) is 1. The average Bonchev–Trinajstić information content (AvgIpc) is 1.99. The summed E-state index contributed by atoms with van der Waals surface area (Å²) in [7, 11) is 0. The molecule has 80 valence electrons. The normalized spacial score (nSPS) is 42.4. The summed E-state index contributed by atoms with van der Waals surface area (Å²) in [5.41, 5.74) is 0. The fraction of sp³-hybridized carbons (Fsp3) is 0.909. The van der Waals surface area contributed by atoms with E-state index in [0.717, 1.165) is 25.7 Å². The molecule has 2 heterocycles. The predicted octanol–water partition coefficient (Wildman–Crippen LogP) is 1.16. The molecule has 0 aromatic heterocycles. The second kappa shape index (κ2) is 3.54. The summed E-state index contributed by atoms with van der Waals surface area (Å²) in [6.45, 7) is 3.89. The minimum absolute atomic E-state index is 0.179. The van der Waals surface area contributed by atoms with E-state index in [1.807, 2.05) is 4.90 Å². The molecule has 2 rings (SSSR count). The van der Waals surface area contributed by atoms with Crippen LogP contribution in [0.2, 0.25) is 0 Å². The van der Waals surface area contributed by atoms with E-state index in [1.54, 1.807) is 6.92 Å². The van der Waals surface area contributed by atoms with E-state index in [9.17, 15) is 9.90 Å². The second-order valence-electron chi connectivity index (χ2n) is 4.94. The maximum absolute atomic E-state index is 11.5. The van der Waals surface area contributed by atoms with Crippen LogP contribution < -0.4 is 0 Å². The summed E-state index contributed by atoms with van der Waals surface area (Å²) < 4.78 is 0. The minimum atomic E-state index is -0.187. The average molecular weight is 197 g/mol. The highest BCUT2D eigenvalue weighted by molar-refractivity contribution is 5.74. The minimum Gasteiger partial charge on any atom is -0.393 e. The van der Waals surface area contributed by atoms with Crippen LogP contribution in [0, 0.1) is 5.92 Å². The highest BCUT2D eigenvalue weighted by Crippen LogP contribution is 2.36. The number of rotatable bonds is 0. The first-order chi connectivity index (χ1) is 6.58. The van der Waals surface area contributed by atoms with Crippen molar-refractivity contribution in [1.29, 1.82) is 0 Å². The standard InChI is InChI=1S/C11H19NO2/c1-7-3-9-5-11(14)6-10(4-7)12(9)8(2)13/h7,9-11,14H,3-6H2,1-2H3/t7?,9-,10+,11?. The lowest BCUT2D eigenvalue weighted by molar-refractivity contribution is -0.143. The first-order valence-corrected chi connectivity index (χ1v) is 5.55. The molecule has 14 heavy (non-hydrogen) atoms. The largest absolute Gasteiger partial charge is 0.393 e. The number of carbonyl (C=O) groups is 1. The van der Waals surface area contributed by atoms with E-state index in [4.69, 9.17) is 0 Å². The Kier molecular flexibility index (Phi) is 2.52. The molecule has 2 fully saturated rings. The first kappa shape index (κ1) is 9.97. The van der Waals surface area contributed by atoms with Crippen LogP contribution in [0.4, 0.5) is 0 Å². The van der Waals surface area contributed by atoms with Crippen LogP contribution in [0.5, 0.6) is 0 Å². The molecule has 0 aromatic rings. The number of nitrogens with zero attached hydrogens (tertiary/aromatic N) is 1. The summed E-state index contributed by atoms with van der Waals surface area (Å²) in [4.78, 5) is 13.5. The number of piperidine rings is 2. The van der Waals surface area contributed by atoms with Crippen molar-refractivity contribution in [1.82, 2.24) is 4.90 Å². The molecule has 0 aromatic carbocycles. The molecular formula is C11H19NO2. The molecule has 0 saturated carbocycles. The maximum Gasteiger partial charge on any atom is 0.219 e. The molecule has 4 atom stereocenters. The lowest BCUT2D eigenvalue weighted by Crippen LogP contribution is -2.56. The zero-order chi connectivity index (χ0) is 10.3. The molecule has 3 nitrogen and oxygen atoms in total. The fourth-order valence-corrected chi connectivity index (χ4v) is 3.21. The lowest BCUT2D eigenvalue weighted by atomic mass is 9.78. The van der Waals surface area contributed by atoms with Crippen LogP contribution in [0.1, 0.15) is 39.5 Å². The summed E-state index contributed by atoms with van der Waals surface area (Å²) in [5, 5.41) is 9.66. The molecule has 2 saturated heterocycles. The molecule has 0 spiro atoms. The van der Waals surface area contributed by atoms with Crippen molar-refractivity contribution in [3.8, 4) is 0 Å². The van der Waals surface area contributed by atoms with Crippen LogP contribution >= 0.6 is 0 Å². The topological polar surface area (TPSA) is 40.5 Å². The number of aliphatic hydroxyl groups excluding tert-OH is 1. The van der Waals surface area contributed by atoms with E-state index < -0.39 is 0 Å². The zero-order valence-electron chi connectivity index (χ0n) is 8.94. The van der Waals surface area contributed by atoms with Gasteiger partial charge in [0.2, 0.25) is 5.91 Å². The monoisotopic (exact) mass is 197 g/mol. The molecule has 3 heteroatoms. The van der Waals surface area contributed by atoms with Crippen molar-refractivity contribution in [3.63, 3.8) is 0 Å². The van der Waals surface area contributed by atoms with E-state index in [0.29, 0.717) is 18.0 Å². The van der Waals surface area contributed by atoms with E-state index in [-0.39, 0.29) is 12.0 Å². The molecule has 0 aliphatic carbocycles. The Morgan fingerprint density at radius 1 is 1.21 bits per heavy atom. The number of amides is 1. The van der Waals surface area contributed by atoms with E-state index in [1.165, 1.54) is 0 Å². The quantitative estimate of drug-likeness (QED) is 0.633. The van der Waals surface area contributed by atoms with Crippen molar-refractivity contribution in [2.75, 3.05) is 0 Å². The zero-order valence-corrected chi connectivity index (χ0v) is 8.94. The number of fused-ring (bicyclic) bond motifs is 2. The molecule has 2 aliphatic heterocycles. The van der Waals surface area contributed by atoms with Gasteiger partial charge in [-0.1, -0.05) is 6.92 Å². The Labute approximate surface area is 85.1 Å². The third-order valence-electron chi connectivity index (χ3n) is 3.59. The van der Waals surface area contributed by atoms with Crippen molar-refractivity contribution in [2.45, 2.75) is 57.7 Å². The third kappa shape index (κ3) is 1.65. The number of aliphatic hydroxyl groups is 1. The van der Waals surface area contributed by atoms with Gasteiger partial charge in [-0.25, -0.2) is 0 Å². The molecule has 1 amide bonds. The van der Waals surface area contributed by atoms with Gasteiger partial charge in [0.15, 0.2) is 0 Å². The Morgan fingerprint density at radius 2 is 1.71 bits per heavy atom. The molecule has 2 bridgehead atoms. The smallest absolute Gasteiger partial charge is 0.219 e. The highest BCUT2D eigenvalue weighted by atomic mass is 16.3. The van der Waals surface area contributed by atoms with Crippen molar-refractivity contribution < 1.29 is 9.90 Å². The van der Waals surface area contributed by atoms with Gasteiger partial charge in [0, 0.05) is 19.0 Å². The van der Waals surface area contributed by atoms with Gasteiger partial charge in [-0.2, -0.15) is 0 Å². The van der Waals surface area contributed by atoms with Crippen molar-refractivity contribution in [2.24, 2.45) is 5.92 Å². The summed E-state index contributed by atoms with van der Waals surface area (Å²) in [6, 6.07) is 0.593. The summed E-state index contributed by atoms with van der Waals surface area (Å²) in [5.74, 6) is 0.881. The van der Waals surface area contributed by atoms with Gasteiger partial charge in [0.25, 0.3) is 0 Å². The Hall–Kier alpha value is -0.570. The van der Waals surface area contributed by atoms with Crippen molar-refractivity contribution >= 4 is 5.91 Å². The third-order valence-corrected chi connectivity index (χ3v) is 3.59. The molecule has 2 aliphatic rings. The van der Waals surface area contributed by atoms with Crippen LogP contribution in [-0.2, 0) is 4.79 Å². The van der Waals surface area contributed by atoms with Gasteiger partial charge in [-0.15, -0.1) is 0 Å². The van der Waals surface area contributed by atoms with Crippen molar-refractivity contribution in [3.05, 3.63) is 0 Å². The molecular weight excluding hydrogens is 178 g/mol. The first-order valence-electron chi connectivity index (χ1n) is 5.55. The van der Waals surface area contributed by atoms with Gasteiger partial charge >= 0.3 is 0 Å². The van der Waals surface area contributed by atoms with Gasteiger partial charge in [0.05, 0.1) is 6.10 Å². The van der Waals surface area contributed by atoms with Crippen LogP contribution in [-0.4, -0.2) is 34.1 Å². The molecule has 2 unspecified atom stereocenters. The number of hydrogen-bond acceptors (Lipinski definition) is 2. The van der Waals surface area contributed by atoms with E-state index >= 15 is 0 Å². The Balaban J connectivity index is 2.17. The van der Waals surface area contributed by atoms with Gasteiger partial charge in [-0.3, -0.25) is 4.79 Å². The number of carbonyl (C=O) groups excluding carboxylic acids is 1. The van der Waals surface area contributed by atoms with Crippen LogP contribution in [0.15, 0.2) is 0 Å². The lowest BCUT2D eigenvalue weighted by Gasteiger charge is -2.49. The molecule has 1 N–H and O–H groups in total. The van der Waals surface area contributed by atoms with Gasteiger partial charge in [-0.05, 0) is 31.6 Å². The summed E-state index contributed by atoms with van der Waals surface area (Å²) >= 11 is 0. The fourth-order valence-electron chi connectivity index (χ4n) is 3.21. The highest BCUT2D eigenvalue weighted by Gasteiger charge is 2.41. The predicted molar refractivity (Wildman–Crippen MR) is 53.7 cm³/mol. The SMILES string of the molecule is CC(=O)N1[C@@H]2CC(C)C[C@H]1CC(O)C2. The molecule has 0 radical (unpaired) electrons.